The number of anilines is 2. The molecule has 4 aromatic rings. The molecule has 0 spiro atoms. The van der Waals surface area contributed by atoms with Crippen LogP contribution in [0, 0.1) is 5.82 Å². The van der Waals surface area contributed by atoms with Gasteiger partial charge in [0.05, 0.1) is 10.7 Å². The quantitative estimate of drug-likeness (QED) is 0.504. The molecule has 0 radical (unpaired) electrons. The summed E-state index contributed by atoms with van der Waals surface area (Å²) in [6, 6.07) is 3.71. The first-order chi connectivity index (χ1) is 15.0. The van der Waals surface area contributed by atoms with Crippen molar-refractivity contribution in [2.45, 2.75) is 0 Å². The predicted octanol–water partition coefficient (Wildman–Crippen LogP) is 3.53. The van der Waals surface area contributed by atoms with Gasteiger partial charge < -0.3 is 5.32 Å². The van der Waals surface area contributed by atoms with E-state index in [4.69, 9.17) is 11.6 Å². The van der Waals surface area contributed by atoms with Crippen LogP contribution in [0.3, 0.4) is 0 Å². The summed E-state index contributed by atoms with van der Waals surface area (Å²) in [7, 11) is 0. The maximum absolute atomic E-state index is 13.4. The summed E-state index contributed by atoms with van der Waals surface area (Å²) in [5.41, 5.74) is 1.67. The van der Waals surface area contributed by atoms with Crippen molar-refractivity contribution in [1.82, 2.24) is 39.5 Å². The Labute approximate surface area is 179 Å². The Kier molecular flexibility index (Phi) is 5.58. The molecule has 0 aliphatic carbocycles. The summed E-state index contributed by atoms with van der Waals surface area (Å²) < 4.78 is 15.5. The van der Waals surface area contributed by atoms with Crippen LogP contribution in [0.25, 0.3) is 18.2 Å². The Morgan fingerprint density at radius 3 is 2.74 bits per heavy atom. The molecule has 12 heteroatoms. The molecule has 0 amide bonds. The first-order valence-electron chi connectivity index (χ1n) is 8.73. The Bertz CT molecular complexity index is 1280. The monoisotopic (exact) mass is 437 g/mol. The molecule has 10 nitrogen and oxygen atoms in total. The highest BCUT2D eigenvalue weighted by atomic mass is 35.5. The van der Waals surface area contributed by atoms with Gasteiger partial charge in [0.1, 0.15) is 36.9 Å². The third kappa shape index (κ3) is 4.36. The second-order valence-electron chi connectivity index (χ2n) is 5.98. The predicted molar refractivity (Wildman–Crippen MR) is 112 cm³/mol. The fourth-order valence-electron chi connectivity index (χ4n) is 2.56. The van der Waals surface area contributed by atoms with Gasteiger partial charge in [-0.1, -0.05) is 24.3 Å². The molecular weight excluding hydrogens is 425 g/mol. The maximum Gasteiger partial charge on any atom is 0.372 e. The normalized spacial score (nSPS) is 11.0. The SMILES string of the molecule is C=Cc1c(C=Cc2ncn(C(=O)n3cncn3)n2)ncnc1Nc1ccc(F)c(Cl)c1. The van der Waals surface area contributed by atoms with Crippen LogP contribution in [0.15, 0.2) is 50.1 Å². The Morgan fingerprint density at radius 1 is 1.13 bits per heavy atom. The van der Waals surface area contributed by atoms with E-state index in [1.54, 1.807) is 18.2 Å². The molecule has 3 aromatic heterocycles. The third-order valence-corrected chi connectivity index (χ3v) is 4.30. The molecule has 0 aliphatic rings. The van der Waals surface area contributed by atoms with Crippen molar-refractivity contribution in [1.29, 1.82) is 0 Å². The summed E-state index contributed by atoms with van der Waals surface area (Å²) in [5.74, 6) is 0.214. The minimum Gasteiger partial charge on any atom is -0.340 e. The van der Waals surface area contributed by atoms with Gasteiger partial charge in [0.2, 0.25) is 0 Å². The number of rotatable bonds is 5. The zero-order valence-electron chi connectivity index (χ0n) is 15.7. The first kappa shape index (κ1) is 20.0. The topological polar surface area (TPSA) is 116 Å². The number of benzene rings is 1. The van der Waals surface area contributed by atoms with E-state index in [1.807, 2.05) is 0 Å². The molecule has 154 valence electrons. The number of carbonyl (C=O) groups is 1. The van der Waals surface area contributed by atoms with E-state index in [9.17, 15) is 9.18 Å². The number of halogens is 2. The molecule has 0 unspecified atom stereocenters. The number of nitrogens with zero attached hydrogens (tertiary/aromatic N) is 8. The first-order valence-corrected chi connectivity index (χ1v) is 9.11. The van der Waals surface area contributed by atoms with Gasteiger partial charge in [0.15, 0.2) is 5.82 Å². The average molecular weight is 438 g/mol. The lowest BCUT2D eigenvalue weighted by Gasteiger charge is -2.10. The van der Waals surface area contributed by atoms with Gasteiger partial charge in [-0.25, -0.2) is 29.1 Å². The van der Waals surface area contributed by atoms with Crippen molar-refractivity contribution in [2.75, 3.05) is 5.32 Å². The van der Waals surface area contributed by atoms with Gasteiger partial charge in [-0.05, 0) is 30.4 Å². The fourth-order valence-corrected chi connectivity index (χ4v) is 2.74. The lowest BCUT2D eigenvalue weighted by atomic mass is 10.2. The molecule has 0 fully saturated rings. The van der Waals surface area contributed by atoms with Crippen molar-refractivity contribution >= 4 is 47.4 Å². The van der Waals surface area contributed by atoms with Crippen molar-refractivity contribution < 1.29 is 9.18 Å². The number of carbonyl (C=O) groups excluding carboxylic acids is 1. The summed E-state index contributed by atoms with van der Waals surface area (Å²) in [6.07, 6.45) is 9.95. The Balaban J connectivity index is 1.57. The van der Waals surface area contributed by atoms with E-state index in [0.29, 0.717) is 22.8 Å². The van der Waals surface area contributed by atoms with Gasteiger partial charge in [-0.3, -0.25) is 0 Å². The van der Waals surface area contributed by atoms with Crippen LogP contribution >= 0.6 is 11.6 Å². The molecule has 0 bridgehead atoms. The van der Waals surface area contributed by atoms with Crippen LogP contribution in [0.4, 0.5) is 20.7 Å². The average Bonchev–Trinajstić information content (AvgIpc) is 3.47. The molecule has 4 rings (SSSR count). The smallest absolute Gasteiger partial charge is 0.340 e. The molecule has 0 saturated carbocycles. The summed E-state index contributed by atoms with van der Waals surface area (Å²) in [4.78, 5) is 28.4. The Hall–Kier alpha value is -4.25. The lowest BCUT2D eigenvalue weighted by Crippen LogP contribution is -2.20. The third-order valence-electron chi connectivity index (χ3n) is 4.01. The molecule has 0 saturated heterocycles. The molecule has 31 heavy (non-hydrogen) atoms. The maximum atomic E-state index is 13.4. The van der Waals surface area contributed by atoms with E-state index in [0.717, 1.165) is 9.36 Å². The molecule has 0 atom stereocenters. The van der Waals surface area contributed by atoms with E-state index in [1.165, 1.54) is 43.5 Å². The van der Waals surface area contributed by atoms with Crippen molar-refractivity contribution in [3.63, 3.8) is 0 Å². The standard InChI is InChI=1S/C19H13ClFN9O/c1-2-13-16(23-9-24-18(13)27-12-3-4-15(21)14(20)7-12)5-6-17-25-11-30(28-17)19(31)29-10-22-8-26-29/h2-11H,1H2,(H,23,24,27). The zero-order valence-corrected chi connectivity index (χ0v) is 16.5. The van der Waals surface area contributed by atoms with E-state index in [2.05, 4.69) is 42.0 Å². The highest BCUT2D eigenvalue weighted by molar-refractivity contribution is 6.31. The molecule has 1 N–H and O–H groups in total. The van der Waals surface area contributed by atoms with Gasteiger partial charge in [0, 0.05) is 11.3 Å². The highest BCUT2D eigenvalue weighted by Gasteiger charge is 2.11. The van der Waals surface area contributed by atoms with Crippen LogP contribution in [0.1, 0.15) is 17.1 Å². The van der Waals surface area contributed by atoms with E-state index >= 15 is 0 Å². The zero-order chi connectivity index (χ0) is 21.8. The highest BCUT2D eigenvalue weighted by Crippen LogP contribution is 2.25. The van der Waals surface area contributed by atoms with Crippen LogP contribution in [-0.2, 0) is 0 Å². The lowest BCUT2D eigenvalue weighted by molar-refractivity contribution is 0.238. The molecule has 0 aliphatic heterocycles. The van der Waals surface area contributed by atoms with Crippen LogP contribution in [0.5, 0.6) is 0 Å². The van der Waals surface area contributed by atoms with Gasteiger partial charge in [0.25, 0.3) is 0 Å². The fraction of sp³-hybridized carbons (Fsp3) is 0. The molecule has 3 heterocycles. The van der Waals surface area contributed by atoms with Crippen molar-refractivity contribution in [3.05, 3.63) is 78.0 Å². The van der Waals surface area contributed by atoms with Gasteiger partial charge in [-0.15, -0.1) is 5.10 Å². The van der Waals surface area contributed by atoms with Gasteiger partial charge >= 0.3 is 6.03 Å². The Morgan fingerprint density at radius 2 is 2.00 bits per heavy atom. The van der Waals surface area contributed by atoms with Crippen molar-refractivity contribution in [2.24, 2.45) is 0 Å². The van der Waals surface area contributed by atoms with Crippen LogP contribution < -0.4 is 5.32 Å². The number of nitrogens with one attached hydrogen (secondary N) is 1. The van der Waals surface area contributed by atoms with Gasteiger partial charge in [-0.2, -0.15) is 14.5 Å². The van der Waals surface area contributed by atoms with Crippen LogP contribution in [-0.4, -0.2) is 45.5 Å². The second kappa shape index (κ2) is 8.63. The van der Waals surface area contributed by atoms with E-state index < -0.39 is 11.8 Å². The summed E-state index contributed by atoms with van der Waals surface area (Å²) in [6.45, 7) is 3.80. The minimum atomic E-state index is -0.525. The molecule has 1 aromatic carbocycles. The second-order valence-corrected chi connectivity index (χ2v) is 6.39. The summed E-state index contributed by atoms with van der Waals surface area (Å²) in [5, 5.41) is 10.9. The minimum absolute atomic E-state index is 0.0126. The number of hydrogen-bond acceptors (Lipinski definition) is 8. The molecular formula is C19H13ClFN9O. The van der Waals surface area contributed by atoms with E-state index in [-0.39, 0.29) is 10.8 Å². The number of hydrogen-bond donors (Lipinski definition) is 1. The number of aromatic nitrogens is 8. The largest absolute Gasteiger partial charge is 0.372 e. The summed E-state index contributed by atoms with van der Waals surface area (Å²) >= 11 is 5.83. The van der Waals surface area contributed by atoms with Crippen LogP contribution in [0.2, 0.25) is 5.02 Å². The van der Waals surface area contributed by atoms with Crippen molar-refractivity contribution in [3.8, 4) is 0 Å².